The van der Waals surface area contributed by atoms with E-state index in [1.807, 2.05) is 17.0 Å². The zero-order valence-electron chi connectivity index (χ0n) is 14.3. The Morgan fingerprint density at radius 2 is 2.15 bits per heavy atom. The van der Waals surface area contributed by atoms with Gasteiger partial charge in [0.05, 0.1) is 0 Å². The first-order chi connectivity index (χ1) is 12.7. The number of carbonyl (C=O) groups is 2. The summed E-state index contributed by atoms with van der Waals surface area (Å²) in [6, 6.07) is 3.54. The van der Waals surface area contributed by atoms with Crippen LogP contribution in [0.15, 0.2) is 24.5 Å². The fourth-order valence-corrected chi connectivity index (χ4v) is 4.33. The first-order valence-electron chi connectivity index (χ1n) is 8.79. The van der Waals surface area contributed by atoms with Crippen molar-refractivity contribution in [2.45, 2.75) is 38.3 Å². The Hall–Kier alpha value is -2.55. The van der Waals surface area contributed by atoms with Gasteiger partial charge in [-0.05, 0) is 30.9 Å². The first kappa shape index (κ1) is 16.9. The number of aromatic nitrogens is 3. The topological polar surface area (TPSA) is 91.3 Å². The number of hydrogen-bond donors (Lipinski definition) is 1. The largest absolute Gasteiger partial charge is 0.350 e. The maximum atomic E-state index is 12.6. The van der Waals surface area contributed by atoms with Gasteiger partial charge in [0.25, 0.3) is 0 Å². The van der Waals surface area contributed by atoms with Crippen LogP contribution in [-0.4, -0.2) is 46.1 Å². The van der Waals surface area contributed by atoms with Gasteiger partial charge in [0, 0.05) is 38.4 Å². The summed E-state index contributed by atoms with van der Waals surface area (Å²) in [5.41, 5.74) is 0.969. The minimum atomic E-state index is -0.248. The van der Waals surface area contributed by atoms with Gasteiger partial charge in [-0.1, -0.05) is 17.4 Å². The third-order valence-corrected chi connectivity index (χ3v) is 5.68. The molecule has 0 saturated carbocycles. The lowest BCUT2D eigenvalue weighted by Crippen LogP contribution is -2.43. The average Bonchev–Trinajstić information content (AvgIpc) is 3.40. The van der Waals surface area contributed by atoms with Crippen molar-refractivity contribution in [2.24, 2.45) is 0 Å². The predicted molar refractivity (Wildman–Crippen MR) is 97.9 cm³/mol. The van der Waals surface area contributed by atoms with E-state index >= 15 is 0 Å². The van der Waals surface area contributed by atoms with Crippen LogP contribution in [0.25, 0.3) is 0 Å². The maximum Gasteiger partial charge on any atom is 0.243 e. The molecule has 2 aliphatic heterocycles. The summed E-state index contributed by atoms with van der Waals surface area (Å²) < 4.78 is 0. The number of nitrogens with one attached hydrogen (secondary N) is 1. The van der Waals surface area contributed by atoms with Gasteiger partial charge >= 0.3 is 0 Å². The fourth-order valence-electron chi connectivity index (χ4n) is 3.36. The molecule has 0 spiro atoms. The van der Waals surface area contributed by atoms with E-state index in [1.165, 1.54) is 11.3 Å². The molecule has 9 heteroatoms. The third-order valence-electron chi connectivity index (χ3n) is 4.70. The summed E-state index contributed by atoms with van der Waals surface area (Å²) in [6.07, 6.45) is 6.60. The summed E-state index contributed by atoms with van der Waals surface area (Å²) in [4.78, 5) is 32.3. The Morgan fingerprint density at radius 1 is 1.27 bits per heavy atom. The molecular formula is C17H20N6O2S. The summed E-state index contributed by atoms with van der Waals surface area (Å²) in [7, 11) is 0. The van der Waals surface area contributed by atoms with E-state index in [-0.39, 0.29) is 17.9 Å². The van der Waals surface area contributed by atoms with Gasteiger partial charge in [0.1, 0.15) is 6.04 Å². The molecule has 2 aliphatic rings. The van der Waals surface area contributed by atoms with Gasteiger partial charge in [-0.3, -0.25) is 19.5 Å². The minimum Gasteiger partial charge on any atom is -0.350 e. The van der Waals surface area contributed by atoms with Crippen LogP contribution in [0.1, 0.15) is 31.2 Å². The predicted octanol–water partition coefficient (Wildman–Crippen LogP) is 1.35. The normalized spacial score (nSPS) is 20.0. The second kappa shape index (κ2) is 7.36. The first-order valence-corrected chi connectivity index (χ1v) is 9.61. The lowest BCUT2D eigenvalue weighted by atomic mass is 10.2. The number of anilines is 2. The molecule has 1 atom stereocenters. The van der Waals surface area contributed by atoms with Crippen LogP contribution in [0.5, 0.6) is 0 Å². The molecule has 2 saturated heterocycles. The standard InChI is InChI=1S/C17H20N6O2S/c24-14-6-3-9-23(14)17-21-20-16(26-17)22-8-2-5-13(22)15(25)19-11-12-4-1-7-18-10-12/h1,4,7,10,13H,2-3,5-6,8-9,11H2,(H,19,25). The second-order valence-corrected chi connectivity index (χ2v) is 7.38. The second-order valence-electron chi connectivity index (χ2n) is 6.45. The van der Waals surface area contributed by atoms with Crippen molar-refractivity contribution in [3.63, 3.8) is 0 Å². The molecular weight excluding hydrogens is 352 g/mol. The van der Waals surface area contributed by atoms with E-state index in [2.05, 4.69) is 20.5 Å². The van der Waals surface area contributed by atoms with Crippen LogP contribution in [-0.2, 0) is 16.1 Å². The minimum absolute atomic E-state index is 0.0136. The van der Waals surface area contributed by atoms with Crippen molar-refractivity contribution in [3.8, 4) is 0 Å². The number of amides is 2. The van der Waals surface area contributed by atoms with Crippen molar-refractivity contribution in [2.75, 3.05) is 22.9 Å². The third kappa shape index (κ3) is 3.39. The van der Waals surface area contributed by atoms with Crippen LogP contribution in [0.4, 0.5) is 10.3 Å². The number of nitrogens with zero attached hydrogens (tertiary/aromatic N) is 5. The quantitative estimate of drug-likeness (QED) is 0.852. The molecule has 0 bridgehead atoms. The molecule has 26 heavy (non-hydrogen) atoms. The molecule has 8 nitrogen and oxygen atoms in total. The van der Waals surface area contributed by atoms with E-state index in [9.17, 15) is 9.59 Å². The zero-order valence-corrected chi connectivity index (χ0v) is 15.1. The van der Waals surface area contributed by atoms with Gasteiger partial charge in [-0.15, -0.1) is 10.2 Å². The highest BCUT2D eigenvalue weighted by molar-refractivity contribution is 7.19. The molecule has 136 valence electrons. The fraction of sp³-hybridized carbons (Fsp3) is 0.471. The molecule has 0 aliphatic carbocycles. The lowest BCUT2D eigenvalue weighted by Gasteiger charge is -2.22. The molecule has 0 radical (unpaired) electrons. The van der Waals surface area contributed by atoms with Gasteiger partial charge in [-0.2, -0.15) is 0 Å². The van der Waals surface area contributed by atoms with E-state index in [1.54, 1.807) is 17.3 Å². The molecule has 2 fully saturated rings. The Kier molecular flexibility index (Phi) is 4.79. The van der Waals surface area contributed by atoms with Gasteiger partial charge in [-0.25, -0.2) is 0 Å². The molecule has 4 rings (SSSR count). The van der Waals surface area contributed by atoms with Crippen molar-refractivity contribution >= 4 is 33.4 Å². The Bertz CT molecular complexity index is 796. The highest BCUT2D eigenvalue weighted by atomic mass is 32.1. The van der Waals surface area contributed by atoms with Crippen molar-refractivity contribution < 1.29 is 9.59 Å². The van der Waals surface area contributed by atoms with Crippen LogP contribution in [0.3, 0.4) is 0 Å². The molecule has 2 aromatic rings. The molecule has 1 unspecified atom stereocenters. The number of carbonyl (C=O) groups excluding carboxylic acids is 2. The number of pyridine rings is 1. The molecule has 1 N–H and O–H groups in total. The van der Waals surface area contributed by atoms with Crippen LogP contribution < -0.4 is 15.1 Å². The van der Waals surface area contributed by atoms with Crippen molar-refractivity contribution in [1.82, 2.24) is 20.5 Å². The summed E-state index contributed by atoms with van der Waals surface area (Å²) in [5.74, 6) is 0.0836. The van der Waals surface area contributed by atoms with E-state index in [0.29, 0.717) is 29.8 Å². The smallest absolute Gasteiger partial charge is 0.243 e. The van der Waals surface area contributed by atoms with E-state index < -0.39 is 0 Å². The van der Waals surface area contributed by atoms with Crippen LogP contribution in [0, 0.1) is 0 Å². The Morgan fingerprint density at radius 3 is 2.92 bits per heavy atom. The maximum absolute atomic E-state index is 12.6. The van der Waals surface area contributed by atoms with Crippen molar-refractivity contribution in [3.05, 3.63) is 30.1 Å². The lowest BCUT2D eigenvalue weighted by molar-refractivity contribution is -0.122. The molecule has 2 amide bonds. The SMILES string of the molecule is O=C(NCc1cccnc1)C1CCCN1c1nnc(N2CCCC2=O)s1. The Labute approximate surface area is 155 Å². The van der Waals surface area contributed by atoms with Gasteiger partial charge in [0.2, 0.25) is 22.1 Å². The summed E-state index contributed by atoms with van der Waals surface area (Å²) >= 11 is 1.39. The monoisotopic (exact) mass is 372 g/mol. The molecule has 0 aromatic carbocycles. The molecule has 4 heterocycles. The van der Waals surface area contributed by atoms with Crippen LogP contribution >= 0.6 is 11.3 Å². The highest BCUT2D eigenvalue weighted by Crippen LogP contribution is 2.33. The highest BCUT2D eigenvalue weighted by Gasteiger charge is 2.34. The zero-order chi connectivity index (χ0) is 17.9. The van der Waals surface area contributed by atoms with Gasteiger partial charge in [0.15, 0.2) is 0 Å². The summed E-state index contributed by atoms with van der Waals surface area (Å²) in [6.45, 7) is 1.93. The Balaban J connectivity index is 1.42. The summed E-state index contributed by atoms with van der Waals surface area (Å²) in [5, 5.41) is 12.7. The van der Waals surface area contributed by atoms with Gasteiger partial charge < -0.3 is 10.2 Å². The van der Waals surface area contributed by atoms with E-state index in [4.69, 9.17) is 0 Å². The van der Waals surface area contributed by atoms with Crippen molar-refractivity contribution in [1.29, 1.82) is 0 Å². The molecule has 2 aromatic heterocycles. The van der Waals surface area contributed by atoms with E-state index in [0.717, 1.165) is 31.4 Å². The van der Waals surface area contributed by atoms with Crippen LogP contribution in [0.2, 0.25) is 0 Å². The number of hydrogen-bond acceptors (Lipinski definition) is 7. The average molecular weight is 372 g/mol. The number of rotatable bonds is 5.